The maximum atomic E-state index is 12.0. The molecule has 2 amide bonds. The molecule has 0 spiro atoms. The van der Waals surface area contributed by atoms with Crippen LogP contribution in [-0.2, 0) is 0 Å². The van der Waals surface area contributed by atoms with Crippen LogP contribution in [-0.4, -0.2) is 23.1 Å². The summed E-state index contributed by atoms with van der Waals surface area (Å²) < 4.78 is 1.14. The number of hydrogen-bond donors (Lipinski definition) is 3. The number of rotatable bonds is 5. The molecule has 1 saturated carbocycles. The van der Waals surface area contributed by atoms with Gasteiger partial charge >= 0.3 is 12.0 Å². The Morgan fingerprint density at radius 2 is 2.05 bits per heavy atom. The molecule has 0 aromatic heterocycles. The summed E-state index contributed by atoms with van der Waals surface area (Å²) in [5.74, 6) is -0.382. The molecule has 0 bridgehead atoms. The maximum absolute atomic E-state index is 12.0. The normalized spacial score (nSPS) is 15.4. The van der Waals surface area contributed by atoms with Gasteiger partial charge in [0.05, 0.1) is 11.3 Å². The summed E-state index contributed by atoms with van der Waals surface area (Å²) >= 11 is 6.51. The molecule has 0 saturated heterocycles. The van der Waals surface area contributed by atoms with E-state index in [9.17, 15) is 14.7 Å². The molecular formula is C14H16Br2N2O3. The predicted molar refractivity (Wildman–Crippen MR) is 87.8 cm³/mol. The molecular weight excluding hydrogens is 404 g/mol. The summed E-state index contributed by atoms with van der Waals surface area (Å²) in [4.78, 5) is 23.3. The predicted octanol–water partition coefficient (Wildman–Crippen LogP) is 4.22. The van der Waals surface area contributed by atoms with Crippen LogP contribution in [0.3, 0.4) is 0 Å². The third kappa shape index (κ3) is 4.71. The van der Waals surface area contributed by atoms with Crippen molar-refractivity contribution in [1.29, 1.82) is 0 Å². The minimum atomic E-state index is -1.10. The molecule has 1 atom stereocenters. The number of carboxylic acids is 1. The Balaban J connectivity index is 2.07. The SMILES string of the molecule is CC(CC1CC1)NC(=O)Nc1c(Br)cc(Br)cc1C(=O)O. The Morgan fingerprint density at radius 3 is 2.62 bits per heavy atom. The van der Waals surface area contributed by atoms with Crippen LogP contribution in [0.1, 0.15) is 36.5 Å². The van der Waals surface area contributed by atoms with Crippen molar-refractivity contribution < 1.29 is 14.7 Å². The first-order chi connectivity index (χ1) is 9.86. The molecule has 114 valence electrons. The summed E-state index contributed by atoms with van der Waals surface area (Å²) in [6, 6.07) is 2.82. The Bertz CT molecular complexity index is 574. The van der Waals surface area contributed by atoms with E-state index in [2.05, 4.69) is 42.5 Å². The van der Waals surface area contributed by atoms with E-state index in [1.807, 2.05) is 6.92 Å². The van der Waals surface area contributed by atoms with Crippen LogP contribution < -0.4 is 10.6 Å². The summed E-state index contributed by atoms with van der Waals surface area (Å²) in [7, 11) is 0. The standard InChI is InChI=1S/C14H16Br2N2O3/c1-7(4-8-2-3-8)17-14(21)18-12-10(13(19)20)5-9(15)6-11(12)16/h5-8H,2-4H2,1H3,(H,19,20)(H2,17,18,21). The van der Waals surface area contributed by atoms with E-state index in [0.717, 1.165) is 6.42 Å². The number of aromatic carboxylic acids is 1. The number of halogens is 2. The van der Waals surface area contributed by atoms with Gasteiger partial charge in [0.2, 0.25) is 0 Å². The molecule has 7 heteroatoms. The van der Waals surface area contributed by atoms with Crippen molar-refractivity contribution in [3.63, 3.8) is 0 Å². The summed E-state index contributed by atoms with van der Waals surface area (Å²) in [6.45, 7) is 1.95. The van der Waals surface area contributed by atoms with Crippen LogP contribution in [0.15, 0.2) is 21.1 Å². The van der Waals surface area contributed by atoms with Crippen molar-refractivity contribution >= 4 is 49.5 Å². The third-order valence-electron chi connectivity index (χ3n) is 3.29. The van der Waals surface area contributed by atoms with Crippen LogP contribution in [0, 0.1) is 5.92 Å². The van der Waals surface area contributed by atoms with Gasteiger partial charge in [-0.3, -0.25) is 0 Å². The number of benzene rings is 1. The highest BCUT2D eigenvalue weighted by molar-refractivity contribution is 9.11. The molecule has 1 aromatic carbocycles. The molecule has 1 fully saturated rings. The zero-order chi connectivity index (χ0) is 15.6. The molecule has 2 rings (SSSR count). The second-order valence-electron chi connectivity index (χ2n) is 5.29. The van der Waals surface area contributed by atoms with Gasteiger partial charge in [-0.1, -0.05) is 28.8 Å². The largest absolute Gasteiger partial charge is 0.478 e. The molecule has 3 N–H and O–H groups in total. The fourth-order valence-corrected chi connectivity index (χ4v) is 3.48. The van der Waals surface area contributed by atoms with Gasteiger partial charge in [0.25, 0.3) is 0 Å². The highest BCUT2D eigenvalue weighted by Crippen LogP contribution is 2.33. The Labute approximate surface area is 139 Å². The lowest BCUT2D eigenvalue weighted by molar-refractivity contribution is 0.0698. The first-order valence-electron chi connectivity index (χ1n) is 6.66. The van der Waals surface area contributed by atoms with E-state index < -0.39 is 12.0 Å². The summed E-state index contributed by atoms with van der Waals surface area (Å²) in [5.41, 5.74) is 0.281. The van der Waals surface area contributed by atoms with Crippen LogP contribution in [0.4, 0.5) is 10.5 Å². The zero-order valence-corrected chi connectivity index (χ0v) is 14.6. The van der Waals surface area contributed by atoms with Crippen LogP contribution in [0.25, 0.3) is 0 Å². The van der Waals surface area contributed by atoms with Gasteiger partial charge < -0.3 is 15.7 Å². The van der Waals surface area contributed by atoms with Crippen molar-refractivity contribution in [3.05, 3.63) is 26.6 Å². The van der Waals surface area contributed by atoms with Gasteiger partial charge in [0.1, 0.15) is 0 Å². The summed E-state index contributed by atoms with van der Waals surface area (Å²) in [5, 5.41) is 14.7. The van der Waals surface area contributed by atoms with E-state index in [4.69, 9.17) is 0 Å². The Morgan fingerprint density at radius 1 is 1.38 bits per heavy atom. The van der Waals surface area contributed by atoms with Crippen molar-refractivity contribution in [2.45, 2.75) is 32.2 Å². The molecule has 21 heavy (non-hydrogen) atoms. The van der Waals surface area contributed by atoms with E-state index >= 15 is 0 Å². The zero-order valence-electron chi connectivity index (χ0n) is 11.5. The minimum Gasteiger partial charge on any atom is -0.478 e. The first kappa shape index (κ1) is 16.3. The number of carboxylic acid groups (broad SMARTS) is 1. The fourth-order valence-electron chi connectivity index (χ4n) is 2.16. The molecule has 1 aromatic rings. The second kappa shape index (κ2) is 6.79. The lowest BCUT2D eigenvalue weighted by Crippen LogP contribution is -2.36. The Kier molecular flexibility index (Phi) is 5.27. The number of amides is 2. The van der Waals surface area contributed by atoms with Gasteiger partial charge in [0.15, 0.2) is 0 Å². The summed E-state index contributed by atoms with van der Waals surface area (Å²) in [6.07, 6.45) is 3.42. The number of carbonyl (C=O) groups is 2. The lowest BCUT2D eigenvalue weighted by Gasteiger charge is -2.16. The average Bonchev–Trinajstić information content (AvgIpc) is 3.15. The van der Waals surface area contributed by atoms with Gasteiger partial charge in [-0.15, -0.1) is 0 Å². The quantitative estimate of drug-likeness (QED) is 0.668. The van der Waals surface area contributed by atoms with Crippen molar-refractivity contribution in [3.8, 4) is 0 Å². The smallest absolute Gasteiger partial charge is 0.337 e. The van der Waals surface area contributed by atoms with Gasteiger partial charge in [-0.25, -0.2) is 9.59 Å². The maximum Gasteiger partial charge on any atom is 0.337 e. The highest BCUT2D eigenvalue weighted by atomic mass is 79.9. The molecule has 0 heterocycles. The molecule has 0 radical (unpaired) electrons. The monoisotopic (exact) mass is 418 g/mol. The van der Waals surface area contributed by atoms with Gasteiger partial charge in [-0.2, -0.15) is 0 Å². The van der Waals surface area contributed by atoms with E-state index in [1.165, 1.54) is 18.9 Å². The third-order valence-corrected chi connectivity index (χ3v) is 4.37. The molecule has 1 unspecified atom stereocenters. The molecule has 1 aliphatic carbocycles. The van der Waals surface area contributed by atoms with E-state index in [-0.39, 0.29) is 17.3 Å². The molecule has 1 aliphatic rings. The first-order valence-corrected chi connectivity index (χ1v) is 8.25. The minimum absolute atomic E-state index is 0.0289. The number of carbonyl (C=O) groups excluding carboxylic acids is 1. The Hall–Kier alpha value is -1.08. The number of hydrogen-bond acceptors (Lipinski definition) is 2. The van der Waals surface area contributed by atoms with Crippen molar-refractivity contribution in [2.24, 2.45) is 5.92 Å². The topological polar surface area (TPSA) is 78.4 Å². The van der Waals surface area contributed by atoms with Crippen LogP contribution >= 0.6 is 31.9 Å². The number of urea groups is 1. The van der Waals surface area contributed by atoms with E-state index in [1.54, 1.807) is 6.07 Å². The second-order valence-corrected chi connectivity index (χ2v) is 7.06. The van der Waals surface area contributed by atoms with Crippen LogP contribution in [0.5, 0.6) is 0 Å². The van der Waals surface area contributed by atoms with Crippen LogP contribution in [0.2, 0.25) is 0 Å². The highest BCUT2D eigenvalue weighted by Gasteiger charge is 2.24. The van der Waals surface area contributed by atoms with Gasteiger partial charge in [-0.05, 0) is 47.3 Å². The number of nitrogens with one attached hydrogen (secondary N) is 2. The average molecular weight is 420 g/mol. The van der Waals surface area contributed by atoms with Gasteiger partial charge in [0, 0.05) is 15.0 Å². The van der Waals surface area contributed by atoms with Crippen molar-refractivity contribution in [2.75, 3.05) is 5.32 Å². The van der Waals surface area contributed by atoms with E-state index in [0.29, 0.717) is 14.9 Å². The van der Waals surface area contributed by atoms with Crippen molar-refractivity contribution in [1.82, 2.24) is 5.32 Å². The molecule has 0 aliphatic heterocycles. The molecule has 5 nitrogen and oxygen atoms in total. The lowest BCUT2D eigenvalue weighted by atomic mass is 10.1. The number of anilines is 1. The fraction of sp³-hybridized carbons (Fsp3) is 0.429.